The van der Waals surface area contributed by atoms with Gasteiger partial charge in [-0.3, -0.25) is 4.68 Å². The van der Waals surface area contributed by atoms with Gasteiger partial charge in [-0.15, -0.1) is 0 Å². The predicted molar refractivity (Wildman–Crippen MR) is 86.1 cm³/mol. The minimum Gasteiger partial charge on any atom is -0.383 e. The molecule has 1 heterocycles. The molecule has 1 atom stereocenters. The van der Waals surface area contributed by atoms with Crippen molar-refractivity contribution in [3.63, 3.8) is 0 Å². The van der Waals surface area contributed by atoms with Crippen LogP contribution in [0.5, 0.6) is 0 Å². The number of methoxy groups -OCH3 is 2. The second-order valence-corrected chi connectivity index (χ2v) is 6.88. The maximum atomic E-state index is 6.62. The number of rotatable bonds is 6. The normalized spacial score (nSPS) is 27.8. The fraction of sp³-hybridized carbons (Fsp3) is 0.800. The molecule has 0 bridgehead atoms. The summed E-state index contributed by atoms with van der Waals surface area (Å²) in [5.41, 5.74) is 7.33. The zero-order valence-electron chi connectivity index (χ0n) is 13.1. The van der Waals surface area contributed by atoms with Crippen LogP contribution in [0.3, 0.4) is 0 Å². The first-order valence-corrected chi connectivity index (χ1v) is 8.34. The van der Waals surface area contributed by atoms with Crippen molar-refractivity contribution in [2.75, 3.05) is 20.8 Å². The summed E-state index contributed by atoms with van der Waals surface area (Å²) >= 11 is 3.58. The molecule has 0 radical (unpaired) electrons. The van der Waals surface area contributed by atoms with Gasteiger partial charge in [-0.2, -0.15) is 5.10 Å². The third-order valence-corrected chi connectivity index (χ3v) is 5.34. The fourth-order valence-corrected chi connectivity index (χ4v) is 3.72. The minimum absolute atomic E-state index is 0.191. The molecular formula is C15H26BrN3O2. The van der Waals surface area contributed by atoms with E-state index < -0.39 is 0 Å². The number of nitrogens with two attached hydrogens (primary N) is 1. The molecule has 6 heteroatoms. The van der Waals surface area contributed by atoms with Crippen molar-refractivity contribution in [1.29, 1.82) is 0 Å². The van der Waals surface area contributed by atoms with Crippen LogP contribution in [0, 0.1) is 5.92 Å². The van der Waals surface area contributed by atoms with Gasteiger partial charge < -0.3 is 15.2 Å². The van der Waals surface area contributed by atoms with Crippen LogP contribution in [-0.4, -0.2) is 36.2 Å². The third-order valence-electron chi connectivity index (χ3n) is 4.73. The second kappa shape index (κ2) is 7.22. The average molecular weight is 360 g/mol. The Labute approximate surface area is 135 Å². The lowest BCUT2D eigenvalue weighted by atomic mass is 9.74. The zero-order valence-corrected chi connectivity index (χ0v) is 14.7. The van der Waals surface area contributed by atoms with Crippen molar-refractivity contribution < 1.29 is 9.47 Å². The summed E-state index contributed by atoms with van der Waals surface area (Å²) in [4.78, 5) is 0. The number of hydrogen-bond acceptors (Lipinski definition) is 4. The van der Waals surface area contributed by atoms with E-state index in [0.29, 0.717) is 13.2 Å². The van der Waals surface area contributed by atoms with Gasteiger partial charge in [0.25, 0.3) is 0 Å². The van der Waals surface area contributed by atoms with Gasteiger partial charge in [0.05, 0.1) is 41.2 Å². The van der Waals surface area contributed by atoms with Crippen LogP contribution in [0.1, 0.15) is 44.3 Å². The number of halogens is 1. The molecule has 2 N–H and O–H groups in total. The highest BCUT2D eigenvalue weighted by molar-refractivity contribution is 9.10. The molecule has 1 aromatic rings. The number of hydrogen-bond donors (Lipinski definition) is 1. The standard InChI is InChI=1S/C15H26BrN3O2/c1-11-4-6-15(21-3,7-5-11)14(17)13-12(16)10-18-19(13)8-9-20-2/h10-11,14H,4-9,17H2,1-3H3. The molecule has 1 aliphatic rings. The van der Waals surface area contributed by atoms with E-state index in [-0.39, 0.29) is 11.6 Å². The molecule has 2 rings (SSSR count). The summed E-state index contributed by atoms with van der Waals surface area (Å²) in [6.07, 6.45) is 6.11. The van der Waals surface area contributed by atoms with Crippen LogP contribution in [0.2, 0.25) is 0 Å². The van der Waals surface area contributed by atoms with Gasteiger partial charge in [0.2, 0.25) is 0 Å². The Bertz CT molecular complexity index is 456. The molecule has 1 unspecified atom stereocenters. The molecule has 0 spiro atoms. The Morgan fingerprint density at radius 3 is 2.71 bits per heavy atom. The van der Waals surface area contributed by atoms with Crippen LogP contribution in [0.15, 0.2) is 10.7 Å². The maximum Gasteiger partial charge on any atom is 0.0886 e. The van der Waals surface area contributed by atoms with Gasteiger partial charge in [0, 0.05) is 14.2 Å². The highest BCUT2D eigenvalue weighted by Gasteiger charge is 2.42. The van der Waals surface area contributed by atoms with Crippen molar-refractivity contribution in [2.45, 2.75) is 50.8 Å². The first kappa shape index (κ1) is 16.9. The van der Waals surface area contributed by atoms with E-state index >= 15 is 0 Å². The summed E-state index contributed by atoms with van der Waals surface area (Å²) in [7, 11) is 3.47. The van der Waals surface area contributed by atoms with Gasteiger partial charge in [0.1, 0.15) is 0 Å². The smallest absolute Gasteiger partial charge is 0.0886 e. The molecule has 0 saturated heterocycles. The van der Waals surface area contributed by atoms with E-state index in [1.165, 1.54) is 0 Å². The van der Waals surface area contributed by atoms with Crippen LogP contribution < -0.4 is 5.73 Å². The molecule has 21 heavy (non-hydrogen) atoms. The number of nitrogens with zero attached hydrogens (tertiary/aromatic N) is 2. The maximum absolute atomic E-state index is 6.62. The number of ether oxygens (including phenoxy) is 2. The summed E-state index contributed by atoms with van der Waals surface area (Å²) in [6.45, 7) is 3.61. The molecule has 1 aliphatic carbocycles. The van der Waals surface area contributed by atoms with Crippen LogP contribution in [0.4, 0.5) is 0 Å². The Hall–Kier alpha value is -0.430. The van der Waals surface area contributed by atoms with Crippen LogP contribution >= 0.6 is 15.9 Å². The van der Waals surface area contributed by atoms with Gasteiger partial charge in [0.15, 0.2) is 0 Å². The Kier molecular flexibility index (Phi) is 5.82. The molecule has 0 aromatic carbocycles. The molecular weight excluding hydrogens is 334 g/mol. The van der Waals surface area contributed by atoms with Crippen molar-refractivity contribution >= 4 is 15.9 Å². The van der Waals surface area contributed by atoms with E-state index in [2.05, 4.69) is 28.0 Å². The third kappa shape index (κ3) is 3.50. The van der Waals surface area contributed by atoms with Crippen LogP contribution in [-0.2, 0) is 16.0 Å². The van der Waals surface area contributed by atoms with Crippen molar-refractivity contribution in [3.8, 4) is 0 Å². The molecule has 1 aromatic heterocycles. The van der Waals surface area contributed by atoms with E-state index in [9.17, 15) is 0 Å². The fourth-order valence-electron chi connectivity index (χ4n) is 3.18. The molecule has 0 aliphatic heterocycles. The lowest BCUT2D eigenvalue weighted by Gasteiger charge is -2.42. The van der Waals surface area contributed by atoms with E-state index in [0.717, 1.165) is 41.8 Å². The summed E-state index contributed by atoms with van der Waals surface area (Å²) in [5.74, 6) is 0.752. The lowest BCUT2D eigenvalue weighted by molar-refractivity contribution is -0.0691. The van der Waals surface area contributed by atoms with Crippen molar-refractivity contribution in [3.05, 3.63) is 16.4 Å². The molecule has 1 saturated carbocycles. The van der Waals surface area contributed by atoms with E-state index in [4.69, 9.17) is 15.2 Å². The lowest BCUT2D eigenvalue weighted by Crippen LogP contribution is -2.46. The highest BCUT2D eigenvalue weighted by Crippen LogP contribution is 2.43. The van der Waals surface area contributed by atoms with Crippen molar-refractivity contribution in [2.24, 2.45) is 11.7 Å². The average Bonchev–Trinajstić information content (AvgIpc) is 2.86. The first-order valence-electron chi connectivity index (χ1n) is 7.55. The van der Waals surface area contributed by atoms with E-state index in [1.807, 2.05) is 4.68 Å². The van der Waals surface area contributed by atoms with Crippen molar-refractivity contribution in [1.82, 2.24) is 9.78 Å². The SMILES string of the molecule is COCCn1ncc(Br)c1C(N)C1(OC)CCC(C)CC1. The molecule has 0 amide bonds. The monoisotopic (exact) mass is 359 g/mol. The zero-order chi connectivity index (χ0) is 15.5. The Balaban J connectivity index is 2.25. The quantitative estimate of drug-likeness (QED) is 0.847. The second-order valence-electron chi connectivity index (χ2n) is 6.02. The Morgan fingerprint density at radius 1 is 1.48 bits per heavy atom. The van der Waals surface area contributed by atoms with Gasteiger partial charge in [-0.25, -0.2) is 0 Å². The summed E-state index contributed by atoms with van der Waals surface area (Å²) in [6, 6.07) is -0.191. The largest absolute Gasteiger partial charge is 0.383 e. The molecule has 120 valence electrons. The first-order chi connectivity index (χ1) is 10.0. The van der Waals surface area contributed by atoms with Gasteiger partial charge >= 0.3 is 0 Å². The van der Waals surface area contributed by atoms with Crippen LogP contribution in [0.25, 0.3) is 0 Å². The number of aromatic nitrogens is 2. The summed E-state index contributed by atoms with van der Waals surface area (Å²) in [5, 5.41) is 4.40. The minimum atomic E-state index is -0.292. The Morgan fingerprint density at radius 2 is 2.14 bits per heavy atom. The molecule has 5 nitrogen and oxygen atoms in total. The predicted octanol–water partition coefficient (Wildman–Crippen LogP) is 2.89. The highest BCUT2D eigenvalue weighted by atomic mass is 79.9. The molecule has 1 fully saturated rings. The van der Waals surface area contributed by atoms with E-state index in [1.54, 1.807) is 20.4 Å². The van der Waals surface area contributed by atoms with Gasteiger partial charge in [-0.05, 0) is 47.5 Å². The van der Waals surface area contributed by atoms with Gasteiger partial charge in [-0.1, -0.05) is 6.92 Å². The summed E-state index contributed by atoms with van der Waals surface area (Å²) < 4.78 is 13.9. The topological polar surface area (TPSA) is 62.3 Å².